The number of hydrogen-bond acceptors (Lipinski definition) is 7. The van der Waals surface area contributed by atoms with E-state index in [0.717, 1.165) is 0 Å². The fourth-order valence-electron chi connectivity index (χ4n) is 3.74. The third-order valence-corrected chi connectivity index (χ3v) is 4.74. The molecule has 1 aliphatic heterocycles. The molecule has 0 aromatic carbocycles. The number of ether oxygens (including phenoxy) is 3. The lowest BCUT2D eigenvalue weighted by Gasteiger charge is -2.43. The molecule has 0 bridgehead atoms. The van der Waals surface area contributed by atoms with E-state index in [1.807, 2.05) is 38.2 Å². The van der Waals surface area contributed by atoms with Gasteiger partial charge in [-0.15, -0.1) is 0 Å². The van der Waals surface area contributed by atoms with Crippen molar-refractivity contribution < 1.29 is 23.8 Å². The van der Waals surface area contributed by atoms with Gasteiger partial charge < -0.3 is 14.2 Å². The molecule has 1 heterocycles. The van der Waals surface area contributed by atoms with E-state index >= 15 is 0 Å². The number of nitrogens with one attached hydrogen (secondary N) is 1. The number of esters is 2. The van der Waals surface area contributed by atoms with Gasteiger partial charge in [-0.2, -0.15) is 5.10 Å². The van der Waals surface area contributed by atoms with E-state index < -0.39 is 28.5 Å². The molecule has 7 heteroatoms. The minimum atomic E-state index is -1.48. The van der Waals surface area contributed by atoms with E-state index in [-0.39, 0.29) is 11.8 Å². The first-order chi connectivity index (χ1) is 10.9. The molecule has 0 radical (unpaired) electrons. The van der Waals surface area contributed by atoms with Gasteiger partial charge >= 0.3 is 11.9 Å². The highest BCUT2D eigenvalue weighted by atomic mass is 16.6. The molecule has 0 saturated heterocycles. The second-order valence-electron chi connectivity index (χ2n) is 6.24. The van der Waals surface area contributed by atoms with Gasteiger partial charge in [0.25, 0.3) is 5.72 Å². The van der Waals surface area contributed by atoms with Crippen molar-refractivity contribution in [1.82, 2.24) is 5.43 Å². The van der Waals surface area contributed by atoms with Crippen LogP contribution in [0.4, 0.5) is 0 Å². The Balaban J connectivity index is 2.16. The molecule has 0 spiro atoms. The van der Waals surface area contributed by atoms with Gasteiger partial charge in [0, 0.05) is 0 Å². The third kappa shape index (κ3) is 1.77. The summed E-state index contributed by atoms with van der Waals surface area (Å²) in [4.78, 5) is 24.7. The number of allylic oxidation sites excluding steroid dienone is 3. The number of carbonyl (C=O) groups excluding carboxylic acids is 2. The predicted molar refractivity (Wildman–Crippen MR) is 81.3 cm³/mol. The Hall–Kier alpha value is -2.15. The zero-order chi connectivity index (χ0) is 16.9. The van der Waals surface area contributed by atoms with E-state index in [9.17, 15) is 9.59 Å². The SMILES string of the molecule is COC(=O)C1=NN[C@@](OC(C)C)(C(=O)OC)[C@@]23C=CC=C[C@@]12C3. The lowest BCUT2D eigenvalue weighted by molar-refractivity contribution is -0.196. The van der Waals surface area contributed by atoms with Crippen LogP contribution in [0, 0.1) is 10.8 Å². The van der Waals surface area contributed by atoms with Crippen LogP contribution in [0.3, 0.4) is 0 Å². The molecule has 1 fully saturated rings. The highest BCUT2D eigenvalue weighted by Gasteiger charge is 2.83. The molecular formula is C16H20N2O5. The monoisotopic (exact) mass is 320 g/mol. The van der Waals surface area contributed by atoms with Gasteiger partial charge in [-0.3, -0.25) is 5.43 Å². The maximum Gasteiger partial charge on any atom is 0.361 e. The number of rotatable bonds is 4. The van der Waals surface area contributed by atoms with Gasteiger partial charge in [0.15, 0.2) is 5.71 Å². The maximum absolute atomic E-state index is 12.6. The molecule has 0 aromatic rings. The van der Waals surface area contributed by atoms with Gasteiger partial charge in [0.2, 0.25) is 0 Å². The van der Waals surface area contributed by atoms with Crippen molar-refractivity contribution in [2.24, 2.45) is 15.9 Å². The molecular weight excluding hydrogens is 300 g/mol. The second-order valence-corrected chi connectivity index (χ2v) is 6.24. The quantitative estimate of drug-likeness (QED) is 0.775. The van der Waals surface area contributed by atoms with Crippen LogP contribution in [0.25, 0.3) is 0 Å². The summed E-state index contributed by atoms with van der Waals surface area (Å²) in [5, 5.41) is 4.15. The minimum Gasteiger partial charge on any atom is -0.465 e. The Morgan fingerprint density at radius 3 is 2.52 bits per heavy atom. The summed E-state index contributed by atoms with van der Waals surface area (Å²) in [5.74, 6) is -1.09. The zero-order valence-electron chi connectivity index (χ0n) is 13.6. The molecule has 2 aliphatic carbocycles. The van der Waals surface area contributed by atoms with Crippen molar-refractivity contribution in [2.45, 2.75) is 32.1 Å². The Bertz CT molecular complexity index is 653. The first-order valence-corrected chi connectivity index (χ1v) is 7.46. The molecule has 3 atom stereocenters. The summed E-state index contributed by atoms with van der Waals surface area (Å²) < 4.78 is 15.8. The van der Waals surface area contributed by atoms with Gasteiger partial charge in [-0.05, 0) is 20.3 Å². The van der Waals surface area contributed by atoms with Gasteiger partial charge in [0.1, 0.15) is 0 Å². The van der Waals surface area contributed by atoms with Crippen LogP contribution in [0.1, 0.15) is 20.3 Å². The fraction of sp³-hybridized carbons (Fsp3) is 0.562. The number of hydrogen-bond donors (Lipinski definition) is 1. The molecule has 0 aromatic heterocycles. The Morgan fingerprint density at radius 2 is 1.91 bits per heavy atom. The number of methoxy groups -OCH3 is 2. The number of carbonyl (C=O) groups is 2. The fourth-order valence-corrected chi connectivity index (χ4v) is 3.74. The van der Waals surface area contributed by atoms with E-state index in [1.165, 1.54) is 14.2 Å². The lowest BCUT2D eigenvalue weighted by atomic mass is 9.76. The van der Waals surface area contributed by atoms with Gasteiger partial charge in [0.05, 0.1) is 31.2 Å². The largest absolute Gasteiger partial charge is 0.465 e. The standard InChI is InChI=1S/C16H20N2O5/c1-10(2)23-16(13(20)22-4)15-8-6-5-7-14(15,9-15)11(17-18-16)12(19)21-3/h5-8,10,18H,9H2,1-4H3/t14-,15-,16-/m1/s1. The minimum absolute atomic E-state index is 0.243. The van der Waals surface area contributed by atoms with E-state index in [4.69, 9.17) is 14.2 Å². The molecule has 3 rings (SSSR count). The van der Waals surface area contributed by atoms with Crippen LogP contribution >= 0.6 is 0 Å². The normalized spacial score (nSPS) is 36.5. The summed E-state index contributed by atoms with van der Waals surface area (Å²) >= 11 is 0. The van der Waals surface area contributed by atoms with Crippen LogP contribution in [-0.4, -0.2) is 43.7 Å². The van der Waals surface area contributed by atoms with Gasteiger partial charge in [-0.25, -0.2) is 9.59 Å². The lowest BCUT2D eigenvalue weighted by Crippen LogP contribution is -2.65. The Kier molecular flexibility index (Phi) is 3.37. The number of hydrazone groups is 1. The first kappa shape index (κ1) is 15.7. The van der Waals surface area contributed by atoms with E-state index in [1.54, 1.807) is 0 Å². The van der Waals surface area contributed by atoms with Crippen molar-refractivity contribution in [2.75, 3.05) is 14.2 Å². The highest BCUT2D eigenvalue weighted by molar-refractivity contribution is 6.40. The first-order valence-electron chi connectivity index (χ1n) is 7.46. The van der Waals surface area contributed by atoms with E-state index in [2.05, 4.69) is 10.5 Å². The predicted octanol–water partition coefficient (Wildman–Crippen LogP) is 0.915. The molecule has 124 valence electrons. The van der Waals surface area contributed by atoms with Crippen LogP contribution < -0.4 is 5.43 Å². The van der Waals surface area contributed by atoms with Gasteiger partial charge in [-0.1, -0.05) is 24.3 Å². The molecule has 3 aliphatic rings. The molecule has 7 nitrogen and oxygen atoms in total. The van der Waals surface area contributed by atoms with Crippen LogP contribution in [-0.2, 0) is 23.8 Å². The number of nitrogens with zero attached hydrogens (tertiary/aromatic N) is 1. The average molecular weight is 320 g/mol. The summed E-state index contributed by atoms with van der Waals surface area (Å²) in [7, 11) is 2.61. The highest BCUT2D eigenvalue weighted by Crippen LogP contribution is 2.74. The molecule has 0 amide bonds. The molecule has 1 N–H and O–H groups in total. The summed E-state index contributed by atoms with van der Waals surface area (Å²) in [6.07, 6.45) is 7.71. The zero-order valence-corrected chi connectivity index (χ0v) is 13.6. The summed E-state index contributed by atoms with van der Waals surface area (Å²) in [6.45, 7) is 3.66. The van der Waals surface area contributed by atoms with Crippen LogP contribution in [0.15, 0.2) is 29.4 Å². The maximum atomic E-state index is 12.6. The van der Waals surface area contributed by atoms with E-state index in [0.29, 0.717) is 6.42 Å². The Labute approximate surface area is 134 Å². The van der Waals surface area contributed by atoms with Crippen molar-refractivity contribution in [3.63, 3.8) is 0 Å². The topological polar surface area (TPSA) is 86.2 Å². The Morgan fingerprint density at radius 1 is 1.22 bits per heavy atom. The third-order valence-electron chi connectivity index (χ3n) is 4.74. The molecule has 23 heavy (non-hydrogen) atoms. The van der Waals surface area contributed by atoms with Crippen molar-refractivity contribution in [3.8, 4) is 0 Å². The second kappa shape index (κ2) is 4.92. The van der Waals surface area contributed by atoms with Crippen molar-refractivity contribution in [1.29, 1.82) is 0 Å². The van der Waals surface area contributed by atoms with Crippen LogP contribution in [0.2, 0.25) is 0 Å². The molecule has 1 saturated carbocycles. The van der Waals surface area contributed by atoms with Crippen molar-refractivity contribution >= 4 is 17.7 Å². The summed E-state index contributed by atoms with van der Waals surface area (Å²) in [6, 6.07) is 0. The summed E-state index contributed by atoms with van der Waals surface area (Å²) in [5.41, 5.74) is 0.0414. The smallest absolute Gasteiger partial charge is 0.361 e. The molecule has 0 unspecified atom stereocenters. The average Bonchev–Trinajstić information content (AvgIpc) is 3.25. The van der Waals surface area contributed by atoms with Crippen LogP contribution in [0.5, 0.6) is 0 Å². The van der Waals surface area contributed by atoms with Crippen molar-refractivity contribution in [3.05, 3.63) is 24.3 Å².